The highest BCUT2D eigenvalue weighted by atomic mass is 19.4. The van der Waals surface area contributed by atoms with E-state index in [0.29, 0.717) is 17.7 Å². The molecule has 0 saturated carbocycles. The van der Waals surface area contributed by atoms with Crippen LogP contribution in [0.3, 0.4) is 0 Å². The second-order valence-corrected chi connectivity index (χ2v) is 5.97. The molecule has 2 aromatic heterocycles. The molecule has 0 bridgehead atoms. The number of hydrogen-bond donors (Lipinski definition) is 1. The van der Waals surface area contributed by atoms with Gasteiger partial charge in [0.1, 0.15) is 0 Å². The molecule has 148 valence electrons. The molecule has 3 rings (SSSR count). The fourth-order valence-electron chi connectivity index (χ4n) is 2.44. The smallest absolute Gasteiger partial charge is 0.350 e. The van der Waals surface area contributed by atoms with Crippen molar-refractivity contribution in [3.8, 4) is 11.1 Å². The predicted molar refractivity (Wildman–Crippen MR) is 88.0 cm³/mol. The van der Waals surface area contributed by atoms with Crippen LogP contribution in [0.25, 0.3) is 11.1 Å². The van der Waals surface area contributed by atoms with Gasteiger partial charge in [-0.1, -0.05) is 0 Å². The van der Waals surface area contributed by atoms with Gasteiger partial charge in [-0.25, -0.2) is 9.97 Å². The molecule has 0 atom stereocenters. The lowest BCUT2D eigenvalue weighted by Gasteiger charge is -2.14. The summed E-state index contributed by atoms with van der Waals surface area (Å²) < 4.78 is 78.9. The summed E-state index contributed by atoms with van der Waals surface area (Å²) in [6.07, 6.45) is -3.49. The van der Waals surface area contributed by atoms with Crippen molar-refractivity contribution in [2.75, 3.05) is 5.32 Å². The van der Waals surface area contributed by atoms with Gasteiger partial charge in [0.15, 0.2) is 0 Å². The topological polar surface area (TPSA) is 55.6 Å². The predicted octanol–water partition coefficient (Wildman–Crippen LogP) is 4.53. The molecule has 5 nitrogen and oxygen atoms in total. The summed E-state index contributed by atoms with van der Waals surface area (Å²) in [5.41, 5.74) is -1.50. The highest BCUT2D eigenvalue weighted by molar-refractivity contribution is 5.60. The highest BCUT2D eigenvalue weighted by Crippen LogP contribution is 2.36. The van der Waals surface area contributed by atoms with E-state index in [0.717, 1.165) is 5.56 Å². The Morgan fingerprint density at radius 1 is 0.857 bits per heavy atom. The molecule has 0 unspecified atom stereocenters. The van der Waals surface area contributed by atoms with E-state index in [1.54, 1.807) is 24.1 Å². The molecular weight excluding hydrogens is 388 g/mol. The number of benzene rings is 1. The minimum atomic E-state index is -4.89. The maximum Gasteiger partial charge on any atom is 0.416 e. The molecule has 0 amide bonds. The van der Waals surface area contributed by atoms with Gasteiger partial charge in [-0.3, -0.25) is 4.68 Å². The SMILES string of the molecule is Cn1cc(-c2cnc(NCc3cc(C(F)(F)F)cc(C(F)(F)F)c3)nc2)cn1. The van der Waals surface area contributed by atoms with Crippen molar-refractivity contribution in [1.29, 1.82) is 0 Å². The zero-order valence-electron chi connectivity index (χ0n) is 14.3. The lowest BCUT2D eigenvalue weighted by molar-refractivity contribution is -0.143. The lowest BCUT2D eigenvalue weighted by Crippen LogP contribution is -2.13. The van der Waals surface area contributed by atoms with Gasteiger partial charge >= 0.3 is 12.4 Å². The molecule has 2 heterocycles. The van der Waals surface area contributed by atoms with Crippen LogP contribution < -0.4 is 5.32 Å². The van der Waals surface area contributed by atoms with Gasteiger partial charge in [-0.2, -0.15) is 31.4 Å². The quantitative estimate of drug-likeness (QED) is 0.653. The Balaban J connectivity index is 1.78. The zero-order chi connectivity index (χ0) is 20.5. The van der Waals surface area contributed by atoms with E-state index in [9.17, 15) is 26.3 Å². The fraction of sp³-hybridized carbons (Fsp3) is 0.235. The molecule has 11 heteroatoms. The van der Waals surface area contributed by atoms with Gasteiger partial charge in [0.05, 0.1) is 17.3 Å². The Morgan fingerprint density at radius 2 is 1.43 bits per heavy atom. The minimum absolute atomic E-state index is 0.0682. The molecule has 1 aromatic carbocycles. The monoisotopic (exact) mass is 401 g/mol. The third-order valence-corrected chi connectivity index (χ3v) is 3.79. The van der Waals surface area contributed by atoms with E-state index in [4.69, 9.17) is 0 Å². The van der Waals surface area contributed by atoms with Crippen molar-refractivity contribution >= 4 is 5.95 Å². The van der Waals surface area contributed by atoms with Crippen LogP contribution in [0.2, 0.25) is 0 Å². The number of nitrogens with one attached hydrogen (secondary N) is 1. The van der Waals surface area contributed by atoms with Crippen molar-refractivity contribution in [3.05, 3.63) is 59.7 Å². The largest absolute Gasteiger partial charge is 0.416 e. The number of rotatable bonds is 4. The van der Waals surface area contributed by atoms with Gasteiger partial charge in [-0.05, 0) is 23.8 Å². The molecular formula is C17H13F6N5. The summed E-state index contributed by atoms with van der Waals surface area (Å²) in [6, 6.07) is 1.40. The normalized spacial score (nSPS) is 12.2. The Hall–Kier alpha value is -3.11. The summed E-state index contributed by atoms with van der Waals surface area (Å²) >= 11 is 0. The molecule has 0 saturated heterocycles. The van der Waals surface area contributed by atoms with Gasteiger partial charge in [-0.15, -0.1) is 0 Å². The molecule has 0 fully saturated rings. The van der Waals surface area contributed by atoms with Crippen LogP contribution in [-0.4, -0.2) is 19.7 Å². The fourth-order valence-corrected chi connectivity index (χ4v) is 2.44. The number of alkyl halides is 6. The molecule has 0 aliphatic rings. The van der Waals surface area contributed by atoms with Crippen molar-refractivity contribution < 1.29 is 26.3 Å². The van der Waals surface area contributed by atoms with Crippen LogP contribution in [0.1, 0.15) is 16.7 Å². The van der Waals surface area contributed by atoms with Crippen LogP contribution in [0, 0.1) is 0 Å². The number of hydrogen-bond acceptors (Lipinski definition) is 4. The van der Waals surface area contributed by atoms with Crippen molar-refractivity contribution in [2.24, 2.45) is 7.05 Å². The molecule has 1 N–H and O–H groups in total. The first-order chi connectivity index (χ1) is 13.0. The van der Waals surface area contributed by atoms with E-state index in [-0.39, 0.29) is 24.1 Å². The van der Waals surface area contributed by atoms with Gasteiger partial charge < -0.3 is 5.32 Å². The van der Waals surface area contributed by atoms with E-state index in [1.807, 2.05) is 0 Å². The second kappa shape index (κ2) is 7.13. The molecule has 0 radical (unpaired) electrons. The van der Waals surface area contributed by atoms with Gasteiger partial charge in [0, 0.05) is 43.3 Å². The molecule has 3 aromatic rings. The van der Waals surface area contributed by atoms with E-state index in [2.05, 4.69) is 20.4 Å². The number of aromatic nitrogens is 4. The zero-order valence-corrected chi connectivity index (χ0v) is 14.3. The van der Waals surface area contributed by atoms with E-state index in [1.165, 1.54) is 12.4 Å². The average Bonchev–Trinajstić information content (AvgIpc) is 3.05. The van der Waals surface area contributed by atoms with Gasteiger partial charge in [0.2, 0.25) is 5.95 Å². The third kappa shape index (κ3) is 4.59. The molecule has 0 aliphatic heterocycles. The Kier molecular flexibility index (Phi) is 5.01. The summed E-state index contributed by atoms with van der Waals surface area (Å²) in [5.74, 6) is 0.0682. The maximum atomic E-state index is 12.9. The number of nitrogens with zero attached hydrogens (tertiary/aromatic N) is 4. The first kappa shape index (κ1) is 19.6. The average molecular weight is 401 g/mol. The molecule has 0 spiro atoms. The lowest BCUT2D eigenvalue weighted by atomic mass is 10.0. The van der Waals surface area contributed by atoms with Crippen LogP contribution in [0.15, 0.2) is 43.0 Å². The van der Waals surface area contributed by atoms with Gasteiger partial charge in [0.25, 0.3) is 0 Å². The highest BCUT2D eigenvalue weighted by Gasteiger charge is 2.36. The maximum absolute atomic E-state index is 12.9. The number of halogens is 6. The Labute approximate surface area is 155 Å². The summed E-state index contributed by atoms with van der Waals surface area (Å²) in [6.45, 7) is -0.306. The Bertz CT molecular complexity index is 927. The first-order valence-corrected chi connectivity index (χ1v) is 7.85. The first-order valence-electron chi connectivity index (χ1n) is 7.85. The standard InChI is InChI=1S/C17H13F6N5/c1-28-9-12(8-27-28)11-6-25-15(26-7-11)24-5-10-2-13(16(18,19)20)4-14(3-10)17(21,22)23/h2-4,6-9H,5H2,1H3,(H,24,25,26). The van der Waals surface area contributed by atoms with Crippen molar-refractivity contribution in [3.63, 3.8) is 0 Å². The number of aryl methyl sites for hydroxylation is 1. The van der Waals surface area contributed by atoms with Crippen LogP contribution in [-0.2, 0) is 25.9 Å². The van der Waals surface area contributed by atoms with Crippen molar-refractivity contribution in [1.82, 2.24) is 19.7 Å². The van der Waals surface area contributed by atoms with E-state index < -0.39 is 23.5 Å². The van der Waals surface area contributed by atoms with Crippen LogP contribution >= 0.6 is 0 Å². The molecule has 0 aliphatic carbocycles. The summed E-state index contributed by atoms with van der Waals surface area (Å²) in [7, 11) is 1.74. The number of anilines is 1. The third-order valence-electron chi connectivity index (χ3n) is 3.79. The van der Waals surface area contributed by atoms with E-state index >= 15 is 0 Å². The van der Waals surface area contributed by atoms with Crippen LogP contribution in [0.4, 0.5) is 32.3 Å². The van der Waals surface area contributed by atoms with Crippen molar-refractivity contribution in [2.45, 2.75) is 18.9 Å². The Morgan fingerprint density at radius 3 is 1.89 bits per heavy atom. The second-order valence-electron chi connectivity index (χ2n) is 5.97. The minimum Gasteiger partial charge on any atom is -0.350 e. The molecule has 28 heavy (non-hydrogen) atoms. The van der Waals surface area contributed by atoms with Crippen LogP contribution in [0.5, 0.6) is 0 Å². The summed E-state index contributed by atoms with van der Waals surface area (Å²) in [4.78, 5) is 8.04. The summed E-state index contributed by atoms with van der Waals surface area (Å²) in [5, 5.41) is 6.63.